The van der Waals surface area contributed by atoms with Gasteiger partial charge in [-0.2, -0.15) is 0 Å². The van der Waals surface area contributed by atoms with Crippen LogP contribution < -0.4 is 11.5 Å². The van der Waals surface area contributed by atoms with Gasteiger partial charge in [-0.15, -0.1) is 0 Å². The van der Waals surface area contributed by atoms with Crippen LogP contribution in [-0.2, 0) is 0 Å². The summed E-state index contributed by atoms with van der Waals surface area (Å²) in [5.41, 5.74) is 11.0. The van der Waals surface area contributed by atoms with Gasteiger partial charge in [0.05, 0.1) is 0 Å². The van der Waals surface area contributed by atoms with Gasteiger partial charge >= 0.3 is 0 Å². The lowest BCUT2D eigenvalue weighted by molar-refractivity contribution is 0.331. The molecule has 2 nitrogen and oxygen atoms in total. The average Bonchev–Trinajstić information content (AvgIpc) is 2.03. The fourth-order valence-corrected chi connectivity index (χ4v) is 1.58. The van der Waals surface area contributed by atoms with Gasteiger partial charge in [0.2, 0.25) is 0 Å². The maximum Gasteiger partial charge on any atom is -0.00745 e. The van der Waals surface area contributed by atoms with Crippen LogP contribution in [0.15, 0.2) is 0 Å². The van der Waals surface area contributed by atoms with Crippen molar-refractivity contribution < 1.29 is 0 Å². The predicted molar refractivity (Wildman–Crippen MR) is 54.9 cm³/mol. The second-order valence-electron chi connectivity index (χ2n) is 3.87. The molecule has 2 heteroatoms. The van der Waals surface area contributed by atoms with Gasteiger partial charge in [-0.05, 0) is 37.8 Å². The number of unbranched alkanes of at least 4 members (excludes halogenated alkanes) is 1. The molecule has 0 bridgehead atoms. The van der Waals surface area contributed by atoms with Crippen molar-refractivity contribution >= 4 is 0 Å². The molecular weight excluding hydrogens is 148 g/mol. The zero-order valence-electron chi connectivity index (χ0n) is 8.55. The molecular formula is C10H24N2. The molecule has 74 valence electrons. The summed E-state index contributed by atoms with van der Waals surface area (Å²) in [6.45, 7) is 6.21. The summed E-state index contributed by atoms with van der Waals surface area (Å²) in [5.74, 6) is 1.58. The minimum absolute atomic E-state index is 0.770. The number of rotatable bonds is 7. The van der Waals surface area contributed by atoms with Gasteiger partial charge in [0, 0.05) is 0 Å². The van der Waals surface area contributed by atoms with Crippen molar-refractivity contribution in [3.63, 3.8) is 0 Å². The maximum absolute atomic E-state index is 5.55. The molecule has 0 heterocycles. The maximum atomic E-state index is 5.55. The van der Waals surface area contributed by atoms with Gasteiger partial charge in [-0.1, -0.05) is 26.7 Å². The first-order valence-corrected chi connectivity index (χ1v) is 5.12. The molecule has 0 saturated carbocycles. The Bertz CT molecular complexity index is 91.8. The van der Waals surface area contributed by atoms with E-state index in [9.17, 15) is 0 Å². The van der Waals surface area contributed by atoms with Crippen molar-refractivity contribution in [2.75, 3.05) is 13.1 Å². The van der Waals surface area contributed by atoms with E-state index in [0.29, 0.717) is 0 Å². The van der Waals surface area contributed by atoms with E-state index in [1.165, 1.54) is 19.3 Å². The van der Waals surface area contributed by atoms with E-state index in [-0.39, 0.29) is 0 Å². The summed E-state index contributed by atoms with van der Waals surface area (Å²) in [6, 6.07) is 0. The smallest absolute Gasteiger partial charge is 0.00745 e. The third-order valence-electron chi connectivity index (χ3n) is 2.51. The minimum atomic E-state index is 0.770. The molecule has 0 rings (SSSR count). The lowest BCUT2D eigenvalue weighted by Gasteiger charge is -2.19. The van der Waals surface area contributed by atoms with Gasteiger partial charge in [0.1, 0.15) is 0 Å². The first kappa shape index (κ1) is 11.9. The van der Waals surface area contributed by atoms with Gasteiger partial charge in [-0.25, -0.2) is 0 Å². The van der Waals surface area contributed by atoms with Crippen LogP contribution >= 0.6 is 0 Å². The normalized spacial score (nSPS) is 13.8. The number of nitrogens with two attached hydrogens (primary N) is 2. The van der Waals surface area contributed by atoms with E-state index in [1.54, 1.807) is 0 Å². The van der Waals surface area contributed by atoms with Gasteiger partial charge in [-0.3, -0.25) is 0 Å². The second-order valence-corrected chi connectivity index (χ2v) is 3.87. The molecule has 0 aromatic rings. The molecule has 0 aliphatic heterocycles. The Kier molecular flexibility index (Phi) is 7.51. The fraction of sp³-hybridized carbons (Fsp3) is 1.00. The Morgan fingerprint density at radius 1 is 0.917 bits per heavy atom. The van der Waals surface area contributed by atoms with Crippen LogP contribution in [0.1, 0.15) is 39.5 Å². The molecule has 0 aliphatic carbocycles. The average molecular weight is 172 g/mol. The van der Waals surface area contributed by atoms with Crippen molar-refractivity contribution in [2.45, 2.75) is 39.5 Å². The highest BCUT2D eigenvalue weighted by atomic mass is 14.5. The summed E-state index contributed by atoms with van der Waals surface area (Å²) in [4.78, 5) is 0. The molecule has 0 aliphatic rings. The van der Waals surface area contributed by atoms with Crippen LogP contribution in [0.4, 0.5) is 0 Å². The Labute approximate surface area is 76.7 Å². The van der Waals surface area contributed by atoms with Crippen molar-refractivity contribution in [1.29, 1.82) is 0 Å². The van der Waals surface area contributed by atoms with Crippen LogP contribution in [0.2, 0.25) is 0 Å². The standard InChI is InChI=1S/C10H24N2/c1-9(2)10(6-8-12)5-3-4-7-11/h9-10H,3-8,11-12H2,1-2H3. The first-order valence-electron chi connectivity index (χ1n) is 5.12. The molecule has 0 radical (unpaired) electrons. The van der Waals surface area contributed by atoms with Crippen LogP contribution in [0.5, 0.6) is 0 Å². The van der Waals surface area contributed by atoms with Crippen molar-refractivity contribution in [2.24, 2.45) is 23.3 Å². The van der Waals surface area contributed by atoms with E-state index < -0.39 is 0 Å². The number of hydrogen-bond donors (Lipinski definition) is 2. The largest absolute Gasteiger partial charge is 0.330 e. The van der Waals surface area contributed by atoms with E-state index in [4.69, 9.17) is 11.5 Å². The molecule has 0 saturated heterocycles. The lowest BCUT2D eigenvalue weighted by Crippen LogP contribution is -2.14. The third kappa shape index (κ3) is 5.56. The SMILES string of the molecule is CC(C)C(CCN)CCCCN. The lowest BCUT2D eigenvalue weighted by atomic mass is 9.88. The van der Waals surface area contributed by atoms with Crippen molar-refractivity contribution in [1.82, 2.24) is 0 Å². The van der Waals surface area contributed by atoms with Crippen molar-refractivity contribution in [3.05, 3.63) is 0 Å². The summed E-state index contributed by atoms with van der Waals surface area (Å²) >= 11 is 0. The summed E-state index contributed by atoms with van der Waals surface area (Å²) in [7, 11) is 0. The van der Waals surface area contributed by atoms with E-state index in [0.717, 1.165) is 31.3 Å². The number of hydrogen-bond acceptors (Lipinski definition) is 2. The van der Waals surface area contributed by atoms with Crippen LogP contribution in [0, 0.1) is 11.8 Å². The molecule has 0 aromatic heterocycles. The van der Waals surface area contributed by atoms with Gasteiger partial charge < -0.3 is 11.5 Å². The highest BCUT2D eigenvalue weighted by Crippen LogP contribution is 2.20. The minimum Gasteiger partial charge on any atom is -0.330 e. The topological polar surface area (TPSA) is 52.0 Å². The highest BCUT2D eigenvalue weighted by molar-refractivity contribution is 4.63. The molecule has 0 fully saturated rings. The Morgan fingerprint density at radius 3 is 2.00 bits per heavy atom. The Hall–Kier alpha value is -0.0800. The summed E-state index contributed by atoms with van der Waals surface area (Å²) < 4.78 is 0. The molecule has 1 atom stereocenters. The monoisotopic (exact) mass is 172 g/mol. The molecule has 0 amide bonds. The summed E-state index contributed by atoms with van der Waals surface area (Å²) in [5, 5.41) is 0. The van der Waals surface area contributed by atoms with Crippen LogP contribution in [-0.4, -0.2) is 13.1 Å². The molecule has 4 N–H and O–H groups in total. The molecule has 0 aromatic carbocycles. The van der Waals surface area contributed by atoms with Gasteiger partial charge in [0.15, 0.2) is 0 Å². The van der Waals surface area contributed by atoms with E-state index in [1.807, 2.05) is 0 Å². The molecule has 0 spiro atoms. The molecule has 12 heavy (non-hydrogen) atoms. The predicted octanol–water partition coefficient (Wildman–Crippen LogP) is 1.74. The van der Waals surface area contributed by atoms with Crippen LogP contribution in [0.25, 0.3) is 0 Å². The third-order valence-corrected chi connectivity index (χ3v) is 2.51. The zero-order valence-corrected chi connectivity index (χ0v) is 8.55. The van der Waals surface area contributed by atoms with Crippen LogP contribution in [0.3, 0.4) is 0 Å². The molecule has 1 unspecified atom stereocenters. The zero-order chi connectivity index (χ0) is 9.40. The quantitative estimate of drug-likeness (QED) is 0.575. The van der Waals surface area contributed by atoms with Gasteiger partial charge in [0.25, 0.3) is 0 Å². The van der Waals surface area contributed by atoms with E-state index in [2.05, 4.69) is 13.8 Å². The van der Waals surface area contributed by atoms with Crippen molar-refractivity contribution in [3.8, 4) is 0 Å². The van der Waals surface area contributed by atoms with E-state index >= 15 is 0 Å². The second kappa shape index (κ2) is 7.56. The Balaban J connectivity index is 3.49. The highest BCUT2D eigenvalue weighted by Gasteiger charge is 2.11. The fourth-order valence-electron chi connectivity index (χ4n) is 1.58. The summed E-state index contributed by atoms with van der Waals surface area (Å²) in [6.07, 6.45) is 4.89. The first-order chi connectivity index (χ1) is 5.72. The Morgan fingerprint density at radius 2 is 1.58 bits per heavy atom.